The molecule has 0 bridgehead atoms. The number of nitrogens with zero attached hydrogens (tertiary/aromatic N) is 1. The molecule has 2 N–H and O–H groups in total. The van der Waals surface area contributed by atoms with Gasteiger partial charge < -0.3 is 20.1 Å². The van der Waals surface area contributed by atoms with Crippen molar-refractivity contribution >= 4 is 17.7 Å². The highest BCUT2D eigenvalue weighted by molar-refractivity contribution is 5.94. The van der Waals surface area contributed by atoms with E-state index in [4.69, 9.17) is 4.74 Å². The van der Waals surface area contributed by atoms with E-state index in [9.17, 15) is 14.7 Å². The van der Waals surface area contributed by atoms with E-state index in [0.717, 1.165) is 25.2 Å². The second-order valence-corrected chi connectivity index (χ2v) is 6.81. The van der Waals surface area contributed by atoms with Gasteiger partial charge in [-0.1, -0.05) is 12.1 Å². The van der Waals surface area contributed by atoms with Crippen molar-refractivity contribution in [3.63, 3.8) is 0 Å². The van der Waals surface area contributed by atoms with Gasteiger partial charge in [0, 0.05) is 19.6 Å². The van der Waals surface area contributed by atoms with Gasteiger partial charge in [-0.15, -0.1) is 0 Å². The molecule has 1 fully saturated rings. The van der Waals surface area contributed by atoms with E-state index in [1.807, 2.05) is 32.9 Å². The minimum absolute atomic E-state index is 0.282. The van der Waals surface area contributed by atoms with E-state index in [-0.39, 0.29) is 5.92 Å². The van der Waals surface area contributed by atoms with Crippen LogP contribution in [0, 0.1) is 5.92 Å². The van der Waals surface area contributed by atoms with Gasteiger partial charge >= 0.3 is 12.1 Å². The standard InChI is InChI=1S/C17H24N2O4/c1-17(2,3)23-16(22)18-10-12-8-9-19(11-12)14-7-5-4-6-13(14)15(20)21/h4-7,12H,8-11H2,1-3H3,(H,18,22)(H,20,21). The molecule has 1 aromatic rings. The predicted octanol–water partition coefficient (Wildman–Crippen LogP) is 2.74. The zero-order chi connectivity index (χ0) is 17.0. The number of rotatable bonds is 4. The first kappa shape index (κ1) is 17.1. The number of hydrogen-bond donors (Lipinski definition) is 2. The molecule has 1 unspecified atom stereocenters. The lowest BCUT2D eigenvalue weighted by Gasteiger charge is -2.22. The Balaban J connectivity index is 1.90. The van der Waals surface area contributed by atoms with E-state index in [2.05, 4.69) is 10.2 Å². The molecule has 1 aliphatic rings. The van der Waals surface area contributed by atoms with Crippen LogP contribution in [-0.2, 0) is 4.74 Å². The molecule has 1 heterocycles. The molecule has 1 atom stereocenters. The predicted molar refractivity (Wildman–Crippen MR) is 88.0 cm³/mol. The number of carboxylic acid groups (broad SMARTS) is 1. The number of alkyl carbamates (subject to hydrolysis) is 1. The van der Waals surface area contributed by atoms with Crippen LogP contribution in [0.3, 0.4) is 0 Å². The van der Waals surface area contributed by atoms with Gasteiger partial charge in [0.1, 0.15) is 5.60 Å². The molecular weight excluding hydrogens is 296 g/mol. The van der Waals surface area contributed by atoms with Crippen molar-refractivity contribution in [2.24, 2.45) is 5.92 Å². The topological polar surface area (TPSA) is 78.9 Å². The van der Waals surface area contributed by atoms with Gasteiger partial charge in [0.2, 0.25) is 0 Å². The summed E-state index contributed by atoms with van der Waals surface area (Å²) >= 11 is 0. The Kier molecular flexibility index (Phi) is 5.13. The SMILES string of the molecule is CC(C)(C)OC(=O)NCC1CCN(c2ccccc2C(=O)O)C1. The van der Waals surface area contributed by atoms with Crippen LogP contribution in [0.2, 0.25) is 0 Å². The van der Waals surface area contributed by atoms with Crippen LogP contribution in [-0.4, -0.2) is 42.4 Å². The van der Waals surface area contributed by atoms with Gasteiger partial charge in [0.05, 0.1) is 11.3 Å². The van der Waals surface area contributed by atoms with E-state index in [1.165, 1.54) is 0 Å². The van der Waals surface area contributed by atoms with Gasteiger partial charge in [-0.25, -0.2) is 9.59 Å². The van der Waals surface area contributed by atoms with Crippen LogP contribution in [0.15, 0.2) is 24.3 Å². The molecule has 0 spiro atoms. The second kappa shape index (κ2) is 6.89. The van der Waals surface area contributed by atoms with Crippen LogP contribution in [0.5, 0.6) is 0 Å². The zero-order valence-corrected chi connectivity index (χ0v) is 13.8. The number of nitrogens with one attached hydrogen (secondary N) is 1. The van der Waals surface area contributed by atoms with Gasteiger partial charge in [-0.05, 0) is 45.2 Å². The van der Waals surface area contributed by atoms with Crippen molar-refractivity contribution in [2.45, 2.75) is 32.8 Å². The second-order valence-electron chi connectivity index (χ2n) is 6.81. The van der Waals surface area contributed by atoms with Gasteiger partial charge in [-0.3, -0.25) is 0 Å². The summed E-state index contributed by atoms with van der Waals surface area (Å²) in [5.74, 6) is -0.639. The van der Waals surface area contributed by atoms with E-state index < -0.39 is 17.7 Å². The zero-order valence-electron chi connectivity index (χ0n) is 13.8. The summed E-state index contributed by atoms with van der Waals surface area (Å²) in [5.41, 5.74) is 0.541. The number of carboxylic acids is 1. The largest absolute Gasteiger partial charge is 0.478 e. The number of anilines is 1. The third-order valence-electron chi connectivity index (χ3n) is 3.69. The number of hydrogen-bond acceptors (Lipinski definition) is 4. The van der Waals surface area contributed by atoms with E-state index in [0.29, 0.717) is 12.1 Å². The minimum atomic E-state index is -0.920. The van der Waals surface area contributed by atoms with Crippen LogP contribution in [0.4, 0.5) is 10.5 Å². The maximum absolute atomic E-state index is 11.7. The van der Waals surface area contributed by atoms with Crippen LogP contribution in [0.1, 0.15) is 37.6 Å². The van der Waals surface area contributed by atoms with Crippen LogP contribution < -0.4 is 10.2 Å². The Labute approximate surface area is 136 Å². The molecule has 6 nitrogen and oxygen atoms in total. The number of aromatic carboxylic acids is 1. The highest BCUT2D eigenvalue weighted by Crippen LogP contribution is 2.27. The normalized spacial score (nSPS) is 17.9. The minimum Gasteiger partial charge on any atom is -0.478 e. The van der Waals surface area contributed by atoms with Crippen molar-refractivity contribution in [3.8, 4) is 0 Å². The molecule has 1 saturated heterocycles. The summed E-state index contributed by atoms with van der Waals surface area (Å²) in [6.45, 7) is 7.51. The number of para-hydroxylation sites is 1. The number of carbonyl (C=O) groups is 2. The monoisotopic (exact) mass is 320 g/mol. The van der Waals surface area contributed by atoms with Crippen LogP contribution >= 0.6 is 0 Å². The van der Waals surface area contributed by atoms with E-state index >= 15 is 0 Å². The summed E-state index contributed by atoms with van der Waals surface area (Å²) < 4.78 is 5.22. The Morgan fingerprint density at radius 3 is 2.70 bits per heavy atom. The van der Waals surface area contributed by atoms with Crippen molar-refractivity contribution in [3.05, 3.63) is 29.8 Å². The van der Waals surface area contributed by atoms with Crippen molar-refractivity contribution in [2.75, 3.05) is 24.5 Å². The Bertz CT molecular complexity index is 580. The molecule has 2 rings (SSSR count). The molecule has 6 heteroatoms. The fraction of sp³-hybridized carbons (Fsp3) is 0.529. The third-order valence-corrected chi connectivity index (χ3v) is 3.69. The molecule has 0 saturated carbocycles. The average molecular weight is 320 g/mol. The summed E-state index contributed by atoms with van der Waals surface area (Å²) in [7, 11) is 0. The lowest BCUT2D eigenvalue weighted by atomic mass is 10.1. The number of carbonyl (C=O) groups excluding carboxylic acids is 1. The van der Waals surface area contributed by atoms with Gasteiger partial charge in [-0.2, -0.15) is 0 Å². The number of amides is 1. The van der Waals surface area contributed by atoms with Crippen LogP contribution in [0.25, 0.3) is 0 Å². The van der Waals surface area contributed by atoms with Crippen molar-refractivity contribution < 1.29 is 19.4 Å². The highest BCUT2D eigenvalue weighted by Gasteiger charge is 2.26. The fourth-order valence-electron chi connectivity index (χ4n) is 2.69. The molecule has 0 aliphatic carbocycles. The smallest absolute Gasteiger partial charge is 0.407 e. The maximum Gasteiger partial charge on any atom is 0.407 e. The summed E-state index contributed by atoms with van der Waals surface area (Å²) in [6, 6.07) is 7.01. The Morgan fingerprint density at radius 2 is 2.04 bits per heavy atom. The molecule has 126 valence electrons. The summed E-state index contributed by atoms with van der Waals surface area (Å²) in [4.78, 5) is 25.1. The quantitative estimate of drug-likeness (QED) is 0.892. The molecule has 0 radical (unpaired) electrons. The third kappa shape index (κ3) is 4.87. The molecular formula is C17H24N2O4. The average Bonchev–Trinajstić information content (AvgIpc) is 2.92. The molecule has 1 aromatic carbocycles. The van der Waals surface area contributed by atoms with Gasteiger partial charge in [0.15, 0.2) is 0 Å². The Morgan fingerprint density at radius 1 is 1.35 bits per heavy atom. The first-order valence-corrected chi connectivity index (χ1v) is 7.80. The molecule has 0 aromatic heterocycles. The number of ether oxygens (including phenoxy) is 1. The number of benzene rings is 1. The molecule has 23 heavy (non-hydrogen) atoms. The highest BCUT2D eigenvalue weighted by atomic mass is 16.6. The first-order valence-electron chi connectivity index (χ1n) is 7.80. The Hall–Kier alpha value is -2.24. The summed E-state index contributed by atoms with van der Waals surface area (Å²) in [5, 5.41) is 12.1. The first-order chi connectivity index (χ1) is 10.8. The molecule has 1 aliphatic heterocycles. The van der Waals surface area contributed by atoms with E-state index in [1.54, 1.807) is 12.1 Å². The lowest BCUT2D eigenvalue weighted by molar-refractivity contribution is 0.0520. The maximum atomic E-state index is 11.7. The molecule has 1 amide bonds. The van der Waals surface area contributed by atoms with Crippen molar-refractivity contribution in [1.29, 1.82) is 0 Å². The lowest BCUT2D eigenvalue weighted by Crippen LogP contribution is -2.36. The summed E-state index contributed by atoms with van der Waals surface area (Å²) in [6.07, 6.45) is 0.492. The fourth-order valence-corrected chi connectivity index (χ4v) is 2.69. The van der Waals surface area contributed by atoms with Crippen molar-refractivity contribution in [1.82, 2.24) is 5.32 Å². The van der Waals surface area contributed by atoms with Gasteiger partial charge in [0.25, 0.3) is 0 Å².